The molecule has 0 aromatic heterocycles. The van der Waals surface area contributed by atoms with Crippen LogP contribution in [-0.4, -0.2) is 19.0 Å². The molecule has 0 amide bonds. The Hall–Kier alpha value is -0.960. The van der Waals surface area contributed by atoms with Crippen molar-refractivity contribution in [2.45, 2.75) is 44.4 Å². The Kier molecular flexibility index (Phi) is 2.89. The summed E-state index contributed by atoms with van der Waals surface area (Å²) in [7, 11) is 0. The Labute approximate surface area is 107 Å². The summed E-state index contributed by atoms with van der Waals surface area (Å²) in [5, 5.41) is 3.35. The molecule has 2 aliphatic rings. The first-order chi connectivity index (χ1) is 8.63. The largest absolute Gasteiger partial charge is 0.316 e. The number of benzene rings is 1. The summed E-state index contributed by atoms with van der Waals surface area (Å²) < 4.78 is 28.1. The maximum atomic E-state index is 14.1. The third kappa shape index (κ3) is 1.76. The highest BCUT2D eigenvalue weighted by atomic mass is 19.3. The van der Waals surface area contributed by atoms with Crippen LogP contribution in [0.4, 0.5) is 8.78 Å². The van der Waals surface area contributed by atoms with Crippen LogP contribution in [0.5, 0.6) is 0 Å². The average molecular weight is 251 g/mol. The Morgan fingerprint density at radius 2 is 1.94 bits per heavy atom. The molecule has 0 saturated heterocycles. The molecule has 3 heteroatoms. The molecule has 1 aromatic carbocycles. The van der Waals surface area contributed by atoms with Crippen molar-refractivity contribution >= 4 is 0 Å². The Morgan fingerprint density at radius 3 is 2.72 bits per heavy atom. The van der Waals surface area contributed by atoms with Gasteiger partial charge in [0.25, 0.3) is 5.92 Å². The summed E-state index contributed by atoms with van der Waals surface area (Å²) in [6.45, 7) is 3.74. The minimum atomic E-state index is -2.55. The average Bonchev–Trinajstić information content (AvgIpc) is 2.51. The first-order valence-electron chi connectivity index (χ1n) is 6.85. The van der Waals surface area contributed by atoms with Crippen LogP contribution in [0, 0.1) is 0 Å². The number of fused-ring (bicyclic) bond motifs is 3. The van der Waals surface area contributed by atoms with Gasteiger partial charge < -0.3 is 5.32 Å². The van der Waals surface area contributed by atoms with Crippen molar-refractivity contribution in [3.8, 4) is 0 Å². The van der Waals surface area contributed by atoms with Gasteiger partial charge in [-0.3, -0.25) is 0 Å². The molecule has 0 radical (unpaired) electrons. The van der Waals surface area contributed by atoms with Gasteiger partial charge in [0.1, 0.15) is 0 Å². The van der Waals surface area contributed by atoms with E-state index in [1.807, 2.05) is 13.0 Å². The van der Waals surface area contributed by atoms with Crippen LogP contribution in [-0.2, 0) is 19.3 Å². The molecule has 0 fully saturated rings. The molecule has 1 unspecified atom stereocenters. The number of rotatable bonds is 1. The van der Waals surface area contributed by atoms with Crippen molar-refractivity contribution in [1.29, 1.82) is 0 Å². The molecule has 1 aromatic rings. The molecule has 0 bridgehead atoms. The number of hydrogen-bond donors (Lipinski definition) is 1. The van der Waals surface area contributed by atoms with Gasteiger partial charge in [-0.05, 0) is 54.6 Å². The molecule has 1 N–H and O–H groups in total. The molecular weight excluding hydrogens is 232 g/mol. The van der Waals surface area contributed by atoms with Crippen LogP contribution in [0.15, 0.2) is 12.1 Å². The fraction of sp³-hybridized carbons (Fsp3) is 0.600. The number of hydrogen-bond acceptors (Lipinski definition) is 1. The molecule has 1 heterocycles. The van der Waals surface area contributed by atoms with Crippen LogP contribution < -0.4 is 5.32 Å². The Bertz CT molecular complexity index is 468. The zero-order chi connectivity index (χ0) is 12.8. The van der Waals surface area contributed by atoms with Gasteiger partial charge in [-0.1, -0.05) is 19.1 Å². The van der Waals surface area contributed by atoms with E-state index in [-0.39, 0.29) is 6.42 Å². The van der Waals surface area contributed by atoms with Crippen LogP contribution in [0.1, 0.15) is 41.5 Å². The third-order valence-electron chi connectivity index (χ3n) is 4.36. The third-order valence-corrected chi connectivity index (χ3v) is 4.36. The molecule has 3 rings (SSSR count). The summed E-state index contributed by atoms with van der Waals surface area (Å²) in [6.07, 6.45) is 2.32. The van der Waals surface area contributed by atoms with E-state index in [2.05, 4.69) is 11.4 Å². The molecule has 1 nitrogen and oxygen atoms in total. The lowest BCUT2D eigenvalue weighted by Gasteiger charge is -2.21. The van der Waals surface area contributed by atoms with Gasteiger partial charge in [-0.15, -0.1) is 0 Å². The smallest absolute Gasteiger partial charge is 0.258 e. The van der Waals surface area contributed by atoms with Crippen molar-refractivity contribution in [3.63, 3.8) is 0 Å². The highest BCUT2D eigenvalue weighted by molar-refractivity contribution is 5.49. The van der Waals surface area contributed by atoms with Gasteiger partial charge in [0.2, 0.25) is 0 Å². The lowest BCUT2D eigenvalue weighted by atomic mass is 9.88. The normalized spacial score (nSPS) is 25.4. The quantitative estimate of drug-likeness (QED) is 0.809. The Balaban J connectivity index is 2.13. The van der Waals surface area contributed by atoms with E-state index in [1.54, 1.807) is 0 Å². The Morgan fingerprint density at radius 1 is 1.22 bits per heavy atom. The summed E-state index contributed by atoms with van der Waals surface area (Å²) in [6, 6.07) is 4.00. The lowest BCUT2D eigenvalue weighted by molar-refractivity contribution is -0.0164. The van der Waals surface area contributed by atoms with Gasteiger partial charge in [0, 0.05) is 12.3 Å². The molecule has 1 aliphatic heterocycles. The van der Waals surface area contributed by atoms with Crippen LogP contribution in [0.25, 0.3) is 0 Å². The molecular formula is C15H19F2N. The first-order valence-corrected chi connectivity index (χ1v) is 6.85. The van der Waals surface area contributed by atoms with E-state index in [0.29, 0.717) is 6.42 Å². The molecule has 1 atom stereocenters. The fourth-order valence-corrected chi connectivity index (χ4v) is 3.53. The summed E-state index contributed by atoms with van der Waals surface area (Å²) >= 11 is 0. The zero-order valence-corrected chi connectivity index (χ0v) is 10.7. The van der Waals surface area contributed by atoms with Crippen molar-refractivity contribution in [1.82, 2.24) is 5.32 Å². The summed E-state index contributed by atoms with van der Waals surface area (Å²) in [4.78, 5) is 0. The van der Waals surface area contributed by atoms with Crippen LogP contribution in [0.3, 0.4) is 0 Å². The topological polar surface area (TPSA) is 12.0 Å². The lowest BCUT2D eigenvalue weighted by Crippen LogP contribution is -2.22. The molecule has 1 aliphatic carbocycles. The van der Waals surface area contributed by atoms with Crippen molar-refractivity contribution < 1.29 is 8.78 Å². The number of alkyl halides is 2. The predicted octanol–water partition coefficient (Wildman–Crippen LogP) is 3.06. The molecule has 98 valence electrons. The zero-order valence-electron chi connectivity index (χ0n) is 10.7. The van der Waals surface area contributed by atoms with E-state index in [9.17, 15) is 8.78 Å². The molecule has 18 heavy (non-hydrogen) atoms. The van der Waals surface area contributed by atoms with E-state index in [1.165, 1.54) is 11.1 Å². The van der Waals surface area contributed by atoms with E-state index in [0.717, 1.165) is 37.1 Å². The number of nitrogens with one attached hydrogen (secondary N) is 1. The van der Waals surface area contributed by atoms with Crippen LogP contribution >= 0.6 is 0 Å². The second kappa shape index (κ2) is 4.30. The van der Waals surface area contributed by atoms with Gasteiger partial charge in [0.05, 0.1) is 0 Å². The second-order valence-electron chi connectivity index (χ2n) is 5.42. The van der Waals surface area contributed by atoms with E-state index < -0.39 is 11.8 Å². The minimum absolute atomic E-state index is 0.0679. The first kappa shape index (κ1) is 12.1. The summed E-state index contributed by atoms with van der Waals surface area (Å²) in [5.74, 6) is -3.12. The highest BCUT2D eigenvalue weighted by Crippen LogP contribution is 2.48. The van der Waals surface area contributed by atoms with Crippen molar-refractivity contribution in [2.75, 3.05) is 13.1 Å². The molecule has 0 saturated carbocycles. The SMILES string of the molecule is CCC1c2c(ccc3c2CCNCC3)CC1(F)F. The van der Waals surface area contributed by atoms with Gasteiger partial charge in [0.15, 0.2) is 0 Å². The maximum absolute atomic E-state index is 14.1. The van der Waals surface area contributed by atoms with Crippen molar-refractivity contribution in [3.05, 3.63) is 34.4 Å². The monoisotopic (exact) mass is 251 g/mol. The fourth-order valence-electron chi connectivity index (χ4n) is 3.53. The van der Waals surface area contributed by atoms with E-state index in [4.69, 9.17) is 0 Å². The van der Waals surface area contributed by atoms with Crippen LogP contribution in [0.2, 0.25) is 0 Å². The standard InChI is InChI=1S/C15H19F2N/c1-2-13-14-11(9-15(13,16)17)4-3-10-5-7-18-8-6-12(10)14/h3-4,13,18H,2,5-9H2,1H3. The number of halogens is 2. The summed E-state index contributed by atoms with van der Waals surface area (Å²) in [5.41, 5.74) is 4.34. The van der Waals surface area contributed by atoms with Gasteiger partial charge >= 0.3 is 0 Å². The highest BCUT2D eigenvalue weighted by Gasteiger charge is 2.47. The second-order valence-corrected chi connectivity index (χ2v) is 5.42. The van der Waals surface area contributed by atoms with Crippen molar-refractivity contribution in [2.24, 2.45) is 0 Å². The van der Waals surface area contributed by atoms with Gasteiger partial charge in [-0.25, -0.2) is 8.78 Å². The predicted molar refractivity (Wildman–Crippen MR) is 68.4 cm³/mol. The maximum Gasteiger partial charge on any atom is 0.258 e. The van der Waals surface area contributed by atoms with Gasteiger partial charge in [-0.2, -0.15) is 0 Å². The minimum Gasteiger partial charge on any atom is -0.316 e. The molecule has 0 spiro atoms. The van der Waals surface area contributed by atoms with E-state index >= 15 is 0 Å².